The fourth-order valence-electron chi connectivity index (χ4n) is 2.49. The molecule has 0 spiro atoms. The standard InChI is InChI=1S/C16H14N2O2/c1-2-5-13-12(4-1)16(18-17-13)11-6-7-14-15(10-11)20-9-3-8-19-14/h1-2,4-7,10H,3,8-9H2,(H,17,18). The maximum atomic E-state index is 5.74. The number of aromatic amines is 1. The molecule has 1 aromatic heterocycles. The van der Waals surface area contributed by atoms with Crippen LogP contribution in [0.1, 0.15) is 6.42 Å². The van der Waals surface area contributed by atoms with E-state index in [0.29, 0.717) is 13.2 Å². The van der Waals surface area contributed by atoms with Gasteiger partial charge in [0, 0.05) is 17.4 Å². The van der Waals surface area contributed by atoms with Crippen LogP contribution < -0.4 is 9.47 Å². The first-order chi connectivity index (χ1) is 9.92. The van der Waals surface area contributed by atoms with E-state index >= 15 is 0 Å². The number of hydrogen-bond donors (Lipinski definition) is 1. The van der Waals surface area contributed by atoms with Gasteiger partial charge in [0.15, 0.2) is 11.5 Å². The Morgan fingerprint density at radius 3 is 2.75 bits per heavy atom. The van der Waals surface area contributed by atoms with E-state index in [2.05, 4.69) is 16.3 Å². The Morgan fingerprint density at radius 1 is 0.950 bits per heavy atom. The average molecular weight is 266 g/mol. The van der Waals surface area contributed by atoms with Gasteiger partial charge in [-0.3, -0.25) is 5.10 Å². The predicted molar refractivity (Wildman–Crippen MR) is 77.1 cm³/mol. The van der Waals surface area contributed by atoms with Crippen molar-refractivity contribution in [3.63, 3.8) is 0 Å². The van der Waals surface area contributed by atoms with Gasteiger partial charge in [0.2, 0.25) is 0 Å². The highest BCUT2D eigenvalue weighted by Crippen LogP contribution is 2.35. The largest absolute Gasteiger partial charge is 0.490 e. The van der Waals surface area contributed by atoms with Gasteiger partial charge in [-0.25, -0.2) is 0 Å². The van der Waals surface area contributed by atoms with Crippen molar-refractivity contribution in [2.45, 2.75) is 6.42 Å². The molecule has 0 atom stereocenters. The number of benzene rings is 2. The molecule has 3 aromatic rings. The van der Waals surface area contributed by atoms with E-state index in [9.17, 15) is 0 Å². The molecule has 0 saturated carbocycles. The molecule has 100 valence electrons. The summed E-state index contributed by atoms with van der Waals surface area (Å²) >= 11 is 0. The smallest absolute Gasteiger partial charge is 0.161 e. The van der Waals surface area contributed by atoms with E-state index in [0.717, 1.165) is 40.1 Å². The van der Waals surface area contributed by atoms with Crippen molar-refractivity contribution in [3.05, 3.63) is 42.5 Å². The van der Waals surface area contributed by atoms with E-state index in [1.165, 1.54) is 0 Å². The van der Waals surface area contributed by atoms with Crippen LogP contribution in [0, 0.1) is 0 Å². The Morgan fingerprint density at radius 2 is 1.80 bits per heavy atom. The molecule has 0 bridgehead atoms. The van der Waals surface area contributed by atoms with Gasteiger partial charge in [-0.2, -0.15) is 5.10 Å². The third-order valence-electron chi connectivity index (χ3n) is 3.49. The van der Waals surface area contributed by atoms with E-state index in [4.69, 9.17) is 9.47 Å². The molecule has 4 rings (SSSR count). The summed E-state index contributed by atoms with van der Waals surface area (Å²) in [5.74, 6) is 1.61. The Balaban J connectivity index is 1.84. The summed E-state index contributed by atoms with van der Waals surface area (Å²) < 4.78 is 11.4. The predicted octanol–water partition coefficient (Wildman–Crippen LogP) is 3.39. The Hall–Kier alpha value is -2.49. The van der Waals surface area contributed by atoms with Crippen molar-refractivity contribution in [2.75, 3.05) is 13.2 Å². The molecule has 0 fully saturated rings. The van der Waals surface area contributed by atoms with Gasteiger partial charge in [0.25, 0.3) is 0 Å². The number of nitrogens with zero attached hydrogens (tertiary/aromatic N) is 1. The monoisotopic (exact) mass is 266 g/mol. The number of ether oxygens (including phenoxy) is 2. The van der Waals surface area contributed by atoms with Crippen LogP contribution >= 0.6 is 0 Å². The van der Waals surface area contributed by atoms with Gasteiger partial charge in [0.1, 0.15) is 5.69 Å². The highest BCUT2D eigenvalue weighted by molar-refractivity contribution is 5.93. The first kappa shape index (κ1) is 11.3. The minimum atomic E-state index is 0.692. The van der Waals surface area contributed by atoms with Crippen LogP contribution in [-0.4, -0.2) is 23.4 Å². The van der Waals surface area contributed by atoms with Crippen molar-refractivity contribution >= 4 is 10.9 Å². The van der Waals surface area contributed by atoms with Crippen LogP contribution in [0.25, 0.3) is 22.2 Å². The Bertz CT molecular complexity index is 764. The molecule has 1 aliphatic rings. The molecule has 0 unspecified atom stereocenters. The molecule has 1 aliphatic heterocycles. The number of aromatic nitrogens is 2. The summed E-state index contributed by atoms with van der Waals surface area (Å²) in [5.41, 5.74) is 3.01. The second kappa shape index (κ2) is 4.56. The fourth-order valence-corrected chi connectivity index (χ4v) is 2.49. The molecule has 4 nitrogen and oxygen atoms in total. The number of H-pyrrole nitrogens is 1. The van der Waals surface area contributed by atoms with Gasteiger partial charge >= 0.3 is 0 Å². The summed E-state index contributed by atoms with van der Waals surface area (Å²) in [6, 6.07) is 14.1. The minimum Gasteiger partial charge on any atom is -0.490 e. The van der Waals surface area contributed by atoms with Crippen LogP contribution in [0.4, 0.5) is 0 Å². The number of rotatable bonds is 1. The maximum absolute atomic E-state index is 5.74. The lowest BCUT2D eigenvalue weighted by Gasteiger charge is -2.08. The van der Waals surface area contributed by atoms with Crippen molar-refractivity contribution in [2.24, 2.45) is 0 Å². The van der Waals surface area contributed by atoms with Gasteiger partial charge < -0.3 is 9.47 Å². The summed E-state index contributed by atoms with van der Waals surface area (Å²) in [6.45, 7) is 1.40. The van der Waals surface area contributed by atoms with E-state index in [1.807, 2.05) is 36.4 Å². The van der Waals surface area contributed by atoms with Crippen molar-refractivity contribution in [1.29, 1.82) is 0 Å². The molecule has 0 saturated heterocycles. The van der Waals surface area contributed by atoms with Crippen molar-refractivity contribution < 1.29 is 9.47 Å². The molecule has 4 heteroatoms. The number of para-hydroxylation sites is 1. The van der Waals surface area contributed by atoms with E-state index in [-0.39, 0.29) is 0 Å². The fraction of sp³-hybridized carbons (Fsp3) is 0.188. The maximum Gasteiger partial charge on any atom is 0.161 e. The van der Waals surface area contributed by atoms with Crippen LogP contribution in [0.3, 0.4) is 0 Å². The van der Waals surface area contributed by atoms with Gasteiger partial charge in [0.05, 0.1) is 18.7 Å². The quantitative estimate of drug-likeness (QED) is 0.734. The van der Waals surface area contributed by atoms with Gasteiger partial charge in [-0.05, 0) is 24.3 Å². The lowest BCUT2D eigenvalue weighted by Crippen LogP contribution is -1.97. The zero-order chi connectivity index (χ0) is 13.4. The summed E-state index contributed by atoms with van der Waals surface area (Å²) in [5, 5.41) is 8.59. The van der Waals surface area contributed by atoms with Crippen LogP contribution in [-0.2, 0) is 0 Å². The summed E-state index contributed by atoms with van der Waals surface area (Å²) in [7, 11) is 0. The van der Waals surface area contributed by atoms with Gasteiger partial charge in [-0.15, -0.1) is 0 Å². The molecule has 0 amide bonds. The van der Waals surface area contributed by atoms with E-state index in [1.54, 1.807) is 0 Å². The number of fused-ring (bicyclic) bond motifs is 2. The van der Waals surface area contributed by atoms with Crippen LogP contribution in [0.2, 0.25) is 0 Å². The Labute approximate surface area is 116 Å². The van der Waals surface area contributed by atoms with Gasteiger partial charge in [-0.1, -0.05) is 18.2 Å². The molecular formula is C16H14N2O2. The molecule has 0 aliphatic carbocycles. The van der Waals surface area contributed by atoms with Crippen molar-refractivity contribution in [1.82, 2.24) is 10.2 Å². The van der Waals surface area contributed by atoms with E-state index < -0.39 is 0 Å². The normalized spacial score (nSPS) is 14.2. The summed E-state index contributed by atoms with van der Waals surface area (Å²) in [4.78, 5) is 0. The zero-order valence-corrected chi connectivity index (χ0v) is 10.9. The highest BCUT2D eigenvalue weighted by atomic mass is 16.5. The van der Waals surface area contributed by atoms with Crippen LogP contribution in [0.5, 0.6) is 11.5 Å². The zero-order valence-electron chi connectivity index (χ0n) is 10.9. The minimum absolute atomic E-state index is 0.692. The third kappa shape index (κ3) is 1.81. The number of nitrogens with one attached hydrogen (secondary N) is 1. The molecule has 1 N–H and O–H groups in total. The SMILES string of the molecule is c1ccc2c(-c3ccc4c(c3)OCCCO4)n[nH]c2c1. The first-order valence-corrected chi connectivity index (χ1v) is 6.75. The molecule has 2 heterocycles. The highest BCUT2D eigenvalue weighted by Gasteiger charge is 2.14. The molecule has 0 radical (unpaired) electrons. The van der Waals surface area contributed by atoms with Crippen LogP contribution in [0.15, 0.2) is 42.5 Å². The lowest BCUT2D eigenvalue weighted by molar-refractivity contribution is 0.297. The second-order valence-electron chi connectivity index (χ2n) is 4.83. The summed E-state index contributed by atoms with van der Waals surface area (Å²) in [6.07, 6.45) is 0.912. The lowest BCUT2D eigenvalue weighted by atomic mass is 10.1. The van der Waals surface area contributed by atoms with Crippen molar-refractivity contribution in [3.8, 4) is 22.8 Å². The first-order valence-electron chi connectivity index (χ1n) is 6.75. The Kier molecular flexibility index (Phi) is 2.59. The second-order valence-corrected chi connectivity index (χ2v) is 4.83. The molecule has 20 heavy (non-hydrogen) atoms. The molecule has 2 aromatic carbocycles. The topological polar surface area (TPSA) is 47.1 Å². The third-order valence-corrected chi connectivity index (χ3v) is 3.49. The molecular weight excluding hydrogens is 252 g/mol. The average Bonchev–Trinajstić information content (AvgIpc) is 2.78. The number of hydrogen-bond acceptors (Lipinski definition) is 3.